The average molecular weight is 217 g/mol. The molecule has 0 aliphatic heterocycles. The second-order valence-corrected chi connectivity index (χ2v) is 3.06. The summed E-state index contributed by atoms with van der Waals surface area (Å²) in [5, 5.41) is 28.2. The first-order valence-corrected chi connectivity index (χ1v) is 4.44. The van der Waals surface area contributed by atoms with Gasteiger partial charge < -0.3 is 20.6 Å². The summed E-state index contributed by atoms with van der Waals surface area (Å²) in [5.41, 5.74) is -0.185. The van der Waals surface area contributed by atoms with Crippen molar-refractivity contribution in [2.75, 3.05) is 13.2 Å². The largest absolute Gasteiger partial charge is 0.478 e. The Morgan fingerprint density at radius 1 is 1.40 bits per heavy atom. The SMILES string of the molecule is C=C(CC(=O)NCCC(O)CO)C(=O)O. The van der Waals surface area contributed by atoms with Crippen molar-refractivity contribution < 1.29 is 24.9 Å². The molecule has 15 heavy (non-hydrogen) atoms. The van der Waals surface area contributed by atoms with E-state index in [0.29, 0.717) is 0 Å². The normalized spacial score (nSPS) is 11.9. The van der Waals surface area contributed by atoms with Gasteiger partial charge >= 0.3 is 5.97 Å². The van der Waals surface area contributed by atoms with Gasteiger partial charge in [0.15, 0.2) is 0 Å². The number of hydrogen-bond donors (Lipinski definition) is 4. The van der Waals surface area contributed by atoms with Crippen molar-refractivity contribution in [1.82, 2.24) is 5.32 Å². The first-order valence-electron chi connectivity index (χ1n) is 4.44. The average Bonchev–Trinajstić information content (AvgIpc) is 2.17. The number of carbonyl (C=O) groups excluding carboxylic acids is 1. The third-order valence-corrected chi connectivity index (χ3v) is 1.69. The third kappa shape index (κ3) is 6.64. The van der Waals surface area contributed by atoms with Crippen LogP contribution < -0.4 is 5.32 Å². The van der Waals surface area contributed by atoms with Gasteiger partial charge in [0.1, 0.15) is 0 Å². The van der Waals surface area contributed by atoms with E-state index in [2.05, 4.69) is 11.9 Å². The van der Waals surface area contributed by atoms with Crippen LogP contribution in [0.2, 0.25) is 0 Å². The van der Waals surface area contributed by atoms with Crippen molar-refractivity contribution in [2.45, 2.75) is 18.9 Å². The van der Waals surface area contributed by atoms with Gasteiger partial charge in [-0.15, -0.1) is 0 Å². The van der Waals surface area contributed by atoms with Crippen molar-refractivity contribution in [3.63, 3.8) is 0 Å². The van der Waals surface area contributed by atoms with Crippen LogP contribution in [0.1, 0.15) is 12.8 Å². The van der Waals surface area contributed by atoms with Crippen LogP contribution in [-0.4, -0.2) is 46.5 Å². The lowest BCUT2D eigenvalue weighted by atomic mass is 10.2. The van der Waals surface area contributed by atoms with Gasteiger partial charge in [0.05, 0.1) is 19.1 Å². The lowest BCUT2D eigenvalue weighted by molar-refractivity contribution is -0.134. The van der Waals surface area contributed by atoms with Crippen molar-refractivity contribution in [3.05, 3.63) is 12.2 Å². The summed E-state index contributed by atoms with van der Waals surface area (Å²) in [6.07, 6.45) is -0.917. The second-order valence-electron chi connectivity index (χ2n) is 3.06. The molecular weight excluding hydrogens is 202 g/mol. The van der Waals surface area contributed by atoms with Crippen LogP contribution in [0.4, 0.5) is 0 Å². The summed E-state index contributed by atoms with van der Waals surface area (Å²) in [6, 6.07) is 0. The third-order valence-electron chi connectivity index (χ3n) is 1.69. The Morgan fingerprint density at radius 3 is 2.47 bits per heavy atom. The molecule has 0 spiro atoms. The minimum Gasteiger partial charge on any atom is -0.478 e. The van der Waals surface area contributed by atoms with E-state index in [9.17, 15) is 9.59 Å². The summed E-state index contributed by atoms with van der Waals surface area (Å²) in [6.45, 7) is 3.03. The van der Waals surface area contributed by atoms with Gasteiger partial charge in [-0.3, -0.25) is 4.79 Å². The summed E-state index contributed by atoms with van der Waals surface area (Å²) < 4.78 is 0. The first-order chi connectivity index (χ1) is 6.97. The van der Waals surface area contributed by atoms with E-state index in [1.54, 1.807) is 0 Å². The fourth-order valence-corrected chi connectivity index (χ4v) is 0.801. The van der Waals surface area contributed by atoms with Crippen LogP contribution in [0.15, 0.2) is 12.2 Å². The van der Waals surface area contributed by atoms with Crippen LogP contribution in [-0.2, 0) is 9.59 Å². The topological polar surface area (TPSA) is 107 Å². The molecule has 0 saturated carbocycles. The number of aliphatic hydroxyl groups is 2. The predicted octanol–water partition coefficient (Wildman–Crippen LogP) is -1.12. The number of carboxylic acid groups (broad SMARTS) is 1. The number of aliphatic carboxylic acids is 1. The number of aliphatic hydroxyl groups excluding tert-OH is 2. The predicted molar refractivity (Wildman–Crippen MR) is 52.1 cm³/mol. The molecule has 86 valence electrons. The van der Waals surface area contributed by atoms with Crippen LogP contribution in [0.5, 0.6) is 0 Å². The van der Waals surface area contributed by atoms with Gasteiger partial charge in [0.25, 0.3) is 0 Å². The van der Waals surface area contributed by atoms with Gasteiger partial charge in [-0.2, -0.15) is 0 Å². The molecule has 0 fully saturated rings. The molecule has 6 nitrogen and oxygen atoms in total. The first kappa shape index (κ1) is 13.6. The van der Waals surface area contributed by atoms with Crippen molar-refractivity contribution in [2.24, 2.45) is 0 Å². The summed E-state index contributed by atoms with van der Waals surface area (Å²) in [4.78, 5) is 21.4. The van der Waals surface area contributed by atoms with Gasteiger partial charge in [0.2, 0.25) is 5.91 Å². The maximum absolute atomic E-state index is 11.0. The second kappa shape index (κ2) is 6.97. The van der Waals surface area contributed by atoms with Gasteiger partial charge in [-0.05, 0) is 6.42 Å². The zero-order valence-electron chi connectivity index (χ0n) is 8.27. The monoisotopic (exact) mass is 217 g/mol. The Hall–Kier alpha value is -1.40. The Morgan fingerprint density at radius 2 is 2.00 bits per heavy atom. The molecule has 0 saturated heterocycles. The molecule has 0 rings (SSSR count). The maximum Gasteiger partial charge on any atom is 0.331 e. The van der Waals surface area contributed by atoms with E-state index in [1.807, 2.05) is 0 Å². The quantitative estimate of drug-likeness (QED) is 0.404. The Bertz CT molecular complexity index is 251. The smallest absolute Gasteiger partial charge is 0.331 e. The van der Waals surface area contributed by atoms with E-state index < -0.39 is 18.0 Å². The molecule has 0 aromatic heterocycles. The molecule has 0 bridgehead atoms. The van der Waals surface area contributed by atoms with E-state index in [0.717, 1.165) is 0 Å². The summed E-state index contributed by atoms with van der Waals surface area (Å²) >= 11 is 0. The molecule has 0 aromatic rings. The van der Waals surface area contributed by atoms with Crippen molar-refractivity contribution in [3.8, 4) is 0 Å². The number of hydrogen-bond acceptors (Lipinski definition) is 4. The van der Waals surface area contributed by atoms with Gasteiger partial charge in [-0.25, -0.2) is 4.79 Å². The molecule has 0 aromatic carbocycles. The van der Waals surface area contributed by atoms with Gasteiger partial charge in [0, 0.05) is 12.1 Å². The van der Waals surface area contributed by atoms with Crippen LogP contribution in [0, 0.1) is 0 Å². The molecule has 0 heterocycles. The van der Waals surface area contributed by atoms with E-state index >= 15 is 0 Å². The fourth-order valence-electron chi connectivity index (χ4n) is 0.801. The molecule has 1 atom stereocenters. The number of nitrogens with one attached hydrogen (secondary N) is 1. The van der Waals surface area contributed by atoms with Crippen molar-refractivity contribution >= 4 is 11.9 Å². The summed E-state index contributed by atoms with van der Waals surface area (Å²) in [7, 11) is 0. The summed E-state index contributed by atoms with van der Waals surface area (Å²) in [5.74, 6) is -1.67. The number of carboxylic acids is 1. The van der Waals surface area contributed by atoms with E-state index in [-0.39, 0.29) is 31.6 Å². The van der Waals surface area contributed by atoms with Gasteiger partial charge in [-0.1, -0.05) is 6.58 Å². The van der Waals surface area contributed by atoms with Crippen LogP contribution in [0.3, 0.4) is 0 Å². The lowest BCUT2D eigenvalue weighted by Crippen LogP contribution is -2.28. The molecule has 4 N–H and O–H groups in total. The molecule has 1 unspecified atom stereocenters. The molecule has 0 aliphatic rings. The highest BCUT2D eigenvalue weighted by molar-refractivity contribution is 5.93. The van der Waals surface area contributed by atoms with Crippen LogP contribution in [0.25, 0.3) is 0 Å². The standard InChI is InChI=1S/C9H15NO5/c1-6(9(14)15)4-8(13)10-3-2-7(12)5-11/h7,11-12H,1-5H2,(H,10,13)(H,14,15). The van der Waals surface area contributed by atoms with E-state index in [4.69, 9.17) is 15.3 Å². The molecule has 0 aliphatic carbocycles. The highest BCUT2D eigenvalue weighted by Crippen LogP contribution is 1.97. The highest BCUT2D eigenvalue weighted by Gasteiger charge is 2.10. The zero-order chi connectivity index (χ0) is 11.8. The number of carbonyl (C=O) groups is 2. The highest BCUT2D eigenvalue weighted by atomic mass is 16.4. The van der Waals surface area contributed by atoms with Crippen molar-refractivity contribution in [1.29, 1.82) is 0 Å². The number of amides is 1. The Kier molecular flexibility index (Phi) is 6.32. The minimum absolute atomic E-state index is 0.185. The molecule has 0 radical (unpaired) electrons. The fraction of sp³-hybridized carbons (Fsp3) is 0.556. The lowest BCUT2D eigenvalue weighted by Gasteiger charge is -2.08. The number of rotatable bonds is 7. The molecule has 1 amide bonds. The van der Waals surface area contributed by atoms with E-state index in [1.165, 1.54) is 0 Å². The maximum atomic E-state index is 11.0. The minimum atomic E-state index is -1.21. The van der Waals surface area contributed by atoms with Crippen LogP contribution >= 0.6 is 0 Å². The zero-order valence-corrected chi connectivity index (χ0v) is 8.27. The molecule has 6 heteroatoms. The molecular formula is C9H15NO5. The Labute approximate surface area is 87.2 Å². The Balaban J connectivity index is 3.67.